The zero-order valence-electron chi connectivity index (χ0n) is 11.1. The van der Waals surface area contributed by atoms with Crippen LogP contribution in [-0.4, -0.2) is 30.7 Å². The number of hydrogen-bond acceptors (Lipinski definition) is 3. The first-order valence-corrected chi connectivity index (χ1v) is 6.95. The average Bonchev–Trinajstić information content (AvgIpc) is 2.47. The number of aliphatic hydroxyl groups is 1. The summed E-state index contributed by atoms with van der Waals surface area (Å²) >= 11 is 0. The van der Waals surface area contributed by atoms with Crippen LogP contribution in [0.5, 0.6) is 0 Å². The molecule has 1 heterocycles. The second-order valence-electron chi connectivity index (χ2n) is 5.13. The third kappa shape index (κ3) is 4.33. The Kier molecular flexibility index (Phi) is 5.36. The van der Waals surface area contributed by atoms with Gasteiger partial charge in [0.2, 0.25) is 5.91 Å². The molecule has 1 aromatic carbocycles. The summed E-state index contributed by atoms with van der Waals surface area (Å²) in [5.74, 6) is 0.445. The minimum absolute atomic E-state index is 0.0246. The molecular weight excluding hydrogens is 240 g/mol. The Balaban J connectivity index is 1.85. The molecule has 0 aromatic heterocycles. The van der Waals surface area contributed by atoms with Crippen LogP contribution < -0.4 is 10.6 Å². The van der Waals surface area contributed by atoms with Crippen molar-refractivity contribution >= 4 is 5.91 Å². The van der Waals surface area contributed by atoms with E-state index in [4.69, 9.17) is 0 Å². The molecule has 1 unspecified atom stereocenters. The monoisotopic (exact) mass is 262 g/mol. The van der Waals surface area contributed by atoms with Crippen LogP contribution in [0.4, 0.5) is 0 Å². The van der Waals surface area contributed by atoms with Crippen molar-refractivity contribution in [3.05, 3.63) is 35.9 Å². The second-order valence-corrected chi connectivity index (χ2v) is 5.13. The lowest BCUT2D eigenvalue weighted by Gasteiger charge is -2.23. The fourth-order valence-electron chi connectivity index (χ4n) is 2.53. The number of rotatable bonds is 5. The standard InChI is InChI=1S/C15H22N2O2/c18-11-14(13-6-2-1-3-7-13)17-15(19)9-12-5-4-8-16-10-12/h1-3,6-7,12,14,16,18H,4-5,8-11H2,(H,17,19)/t12?,14-/m0/s1. The van der Waals surface area contributed by atoms with E-state index in [9.17, 15) is 9.90 Å². The summed E-state index contributed by atoms with van der Waals surface area (Å²) < 4.78 is 0. The van der Waals surface area contributed by atoms with Crippen molar-refractivity contribution in [1.82, 2.24) is 10.6 Å². The van der Waals surface area contributed by atoms with Gasteiger partial charge in [0.05, 0.1) is 12.6 Å². The van der Waals surface area contributed by atoms with Gasteiger partial charge in [0.1, 0.15) is 0 Å². The molecule has 1 aromatic rings. The Hall–Kier alpha value is -1.39. The van der Waals surface area contributed by atoms with E-state index in [0.29, 0.717) is 12.3 Å². The van der Waals surface area contributed by atoms with Crippen LogP contribution in [0.2, 0.25) is 0 Å². The number of carbonyl (C=O) groups excluding carboxylic acids is 1. The Morgan fingerprint density at radius 3 is 2.84 bits per heavy atom. The lowest BCUT2D eigenvalue weighted by atomic mass is 9.95. The molecule has 1 amide bonds. The molecular formula is C15H22N2O2. The van der Waals surface area contributed by atoms with E-state index in [1.807, 2.05) is 30.3 Å². The quantitative estimate of drug-likeness (QED) is 0.748. The highest BCUT2D eigenvalue weighted by Gasteiger charge is 2.19. The van der Waals surface area contributed by atoms with E-state index >= 15 is 0 Å². The number of carbonyl (C=O) groups is 1. The van der Waals surface area contributed by atoms with Crippen molar-refractivity contribution in [2.75, 3.05) is 19.7 Å². The van der Waals surface area contributed by atoms with E-state index < -0.39 is 0 Å². The van der Waals surface area contributed by atoms with Crippen molar-refractivity contribution in [2.45, 2.75) is 25.3 Å². The van der Waals surface area contributed by atoms with E-state index in [0.717, 1.165) is 31.5 Å². The Morgan fingerprint density at radius 1 is 1.42 bits per heavy atom. The highest BCUT2D eigenvalue weighted by molar-refractivity contribution is 5.76. The predicted molar refractivity (Wildman–Crippen MR) is 74.6 cm³/mol. The number of piperidine rings is 1. The molecule has 4 heteroatoms. The molecule has 19 heavy (non-hydrogen) atoms. The average molecular weight is 262 g/mol. The molecule has 1 fully saturated rings. The number of benzene rings is 1. The third-order valence-corrected chi connectivity index (χ3v) is 3.59. The van der Waals surface area contributed by atoms with Crippen LogP contribution in [0.3, 0.4) is 0 Å². The zero-order chi connectivity index (χ0) is 13.5. The maximum atomic E-state index is 12.0. The molecule has 0 aliphatic carbocycles. The largest absolute Gasteiger partial charge is 0.394 e. The predicted octanol–water partition coefficient (Wildman–Crippen LogP) is 1.23. The van der Waals surface area contributed by atoms with Gasteiger partial charge in [-0.15, -0.1) is 0 Å². The molecule has 0 spiro atoms. The zero-order valence-corrected chi connectivity index (χ0v) is 11.1. The minimum atomic E-state index is -0.301. The summed E-state index contributed by atoms with van der Waals surface area (Å²) in [5.41, 5.74) is 0.945. The number of hydrogen-bond donors (Lipinski definition) is 3. The van der Waals surface area contributed by atoms with Gasteiger partial charge >= 0.3 is 0 Å². The number of amides is 1. The summed E-state index contributed by atoms with van der Waals surface area (Å²) in [7, 11) is 0. The fraction of sp³-hybridized carbons (Fsp3) is 0.533. The van der Waals surface area contributed by atoms with Crippen molar-refractivity contribution in [3.63, 3.8) is 0 Å². The SMILES string of the molecule is O=C(CC1CCCNC1)N[C@@H](CO)c1ccccc1. The highest BCUT2D eigenvalue weighted by Crippen LogP contribution is 2.16. The fourth-order valence-corrected chi connectivity index (χ4v) is 2.53. The van der Waals surface area contributed by atoms with Gasteiger partial charge in [0, 0.05) is 6.42 Å². The van der Waals surface area contributed by atoms with Crippen LogP contribution in [0.1, 0.15) is 30.9 Å². The van der Waals surface area contributed by atoms with Gasteiger partial charge in [-0.2, -0.15) is 0 Å². The first-order chi connectivity index (χ1) is 9.29. The maximum Gasteiger partial charge on any atom is 0.220 e. The summed E-state index contributed by atoms with van der Waals surface area (Å²) in [6, 6.07) is 9.29. The van der Waals surface area contributed by atoms with Crippen LogP contribution in [0.15, 0.2) is 30.3 Å². The normalized spacial score (nSPS) is 20.8. The molecule has 2 atom stereocenters. The molecule has 4 nitrogen and oxygen atoms in total. The molecule has 0 radical (unpaired) electrons. The van der Waals surface area contributed by atoms with Gasteiger partial charge in [-0.05, 0) is 37.4 Å². The number of nitrogens with one attached hydrogen (secondary N) is 2. The van der Waals surface area contributed by atoms with E-state index in [-0.39, 0.29) is 18.6 Å². The summed E-state index contributed by atoms with van der Waals surface area (Å²) in [6.07, 6.45) is 2.78. The molecule has 104 valence electrons. The first kappa shape index (κ1) is 14.0. The molecule has 1 aliphatic heterocycles. The Labute approximate surface area is 114 Å². The maximum absolute atomic E-state index is 12.0. The van der Waals surface area contributed by atoms with Crippen LogP contribution >= 0.6 is 0 Å². The highest BCUT2D eigenvalue weighted by atomic mass is 16.3. The molecule has 0 saturated carbocycles. The molecule has 1 saturated heterocycles. The van der Waals surface area contributed by atoms with Crippen molar-refractivity contribution < 1.29 is 9.90 Å². The Morgan fingerprint density at radius 2 is 2.21 bits per heavy atom. The van der Waals surface area contributed by atoms with Gasteiger partial charge in [-0.1, -0.05) is 30.3 Å². The molecule has 0 bridgehead atoms. The smallest absolute Gasteiger partial charge is 0.220 e. The van der Waals surface area contributed by atoms with Crippen LogP contribution in [0, 0.1) is 5.92 Å². The van der Waals surface area contributed by atoms with Crippen molar-refractivity contribution in [1.29, 1.82) is 0 Å². The Bertz CT molecular complexity index is 388. The molecule has 3 N–H and O–H groups in total. The van der Waals surface area contributed by atoms with Crippen LogP contribution in [0.25, 0.3) is 0 Å². The molecule has 2 rings (SSSR count). The van der Waals surface area contributed by atoms with E-state index in [1.165, 1.54) is 0 Å². The van der Waals surface area contributed by atoms with Gasteiger partial charge < -0.3 is 15.7 Å². The van der Waals surface area contributed by atoms with Gasteiger partial charge in [-0.3, -0.25) is 4.79 Å². The summed E-state index contributed by atoms with van der Waals surface area (Å²) in [4.78, 5) is 12.0. The topological polar surface area (TPSA) is 61.4 Å². The number of aliphatic hydroxyl groups excluding tert-OH is 1. The lowest BCUT2D eigenvalue weighted by Crippen LogP contribution is -2.36. The van der Waals surface area contributed by atoms with E-state index in [1.54, 1.807) is 0 Å². The lowest BCUT2D eigenvalue weighted by molar-refractivity contribution is -0.123. The van der Waals surface area contributed by atoms with Crippen LogP contribution in [-0.2, 0) is 4.79 Å². The van der Waals surface area contributed by atoms with Crippen molar-refractivity contribution in [3.8, 4) is 0 Å². The van der Waals surface area contributed by atoms with Gasteiger partial charge in [0.15, 0.2) is 0 Å². The first-order valence-electron chi connectivity index (χ1n) is 6.95. The molecule has 1 aliphatic rings. The summed E-state index contributed by atoms with van der Waals surface area (Å²) in [5, 5.41) is 15.6. The second kappa shape index (κ2) is 7.26. The van der Waals surface area contributed by atoms with Gasteiger partial charge in [-0.25, -0.2) is 0 Å². The van der Waals surface area contributed by atoms with Gasteiger partial charge in [0.25, 0.3) is 0 Å². The van der Waals surface area contributed by atoms with Crippen molar-refractivity contribution in [2.24, 2.45) is 5.92 Å². The third-order valence-electron chi connectivity index (χ3n) is 3.59. The van der Waals surface area contributed by atoms with E-state index in [2.05, 4.69) is 10.6 Å². The summed E-state index contributed by atoms with van der Waals surface area (Å²) in [6.45, 7) is 1.91. The minimum Gasteiger partial charge on any atom is -0.394 e.